The van der Waals surface area contributed by atoms with Gasteiger partial charge in [-0.25, -0.2) is 0 Å². The predicted octanol–water partition coefficient (Wildman–Crippen LogP) is 5.11. The summed E-state index contributed by atoms with van der Waals surface area (Å²) in [7, 11) is 0. The highest BCUT2D eigenvalue weighted by Crippen LogP contribution is 2.30. The minimum atomic E-state index is -0.287. The molecule has 0 aliphatic rings. The molecule has 106 valence electrons. The lowest BCUT2D eigenvalue weighted by Gasteiger charge is -2.23. The smallest absolute Gasteiger partial charge is 0.138 e. The lowest BCUT2D eigenvalue weighted by molar-refractivity contribution is 0.180. The second-order valence-corrected chi connectivity index (χ2v) is 5.78. The highest BCUT2D eigenvalue weighted by atomic mass is 35.5. The fraction of sp³-hybridized carbons (Fsp3) is 0.200. The molecule has 2 atom stereocenters. The number of hydrogen-bond donors (Lipinski definition) is 1. The van der Waals surface area contributed by atoms with Crippen molar-refractivity contribution in [2.24, 2.45) is 5.73 Å². The van der Waals surface area contributed by atoms with Gasteiger partial charge in [0.25, 0.3) is 0 Å². The first-order chi connectivity index (χ1) is 9.47. The Morgan fingerprint density at radius 3 is 2.15 bits per heavy atom. The number of rotatable bonds is 4. The standard InChI is InChI=1S/C15H14Cl3NO/c1-9(19)15(10-2-4-11(16)5-3-10)20-12-6-7-13(17)14(18)8-12/h2-9,15H,19H2,1H3. The largest absolute Gasteiger partial charge is 0.484 e. The van der Waals surface area contributed by atoms with Crippen LogP contribution in [0.1, 0.15) is 18.6 Å². The number of nitrogens with two attached hydrogens (primary N) is 1. The fourth-order valence-electron chi connectivity index (χ4n) is 1.83. The van der Waals surface area contributed by atoms with E-state index in [9.17, 15) is 0 Å². The molecule has 0 spiro atoms. The molecule has 2 N–H and O–H groups in total. The summed E-state index contributed by atoms with van der Waals surface area (Å²) < 4.78 is 5.93. The van der Waals surface area contributed by atoms with Gasteiger partial charge in [0.05, 0.1) is 10.0 Å². The van der Waals surface area contributed by atoms with Crippen LogP contribution in [0.5, 0.6) is 5.75 Å². The maximum absolute atomic E-state index is 6.01. The molecule has 0 bridgehead atoms. The molecule has 0 aliphatic carbocycles. The molecule has 2 rings (SSSR count). The Hall–Kier alpha value is -0.930. The predicted molar refractivity (Wildman–Crippen MR) is 84.9 cm³/mol. The van der Waals surface area contributed by atoms with Gasteiger partial charge in [-0.05, 0) is 36.8 Å². The van der Waals surface area contributed by atoms with E-state index in [0.717, 1.165) is 5.56 Å². The summed E-state index contributed by atoms with van der Waals surface area (Å²) in [6.45, 7) is 1.89. The van der Waals surface area contributed by atoms with Crippen LogP contribution in [-0.2, 0) is 0 Å². The van der Waals surface area contributed by atoms with Gasteiger partial charge in [-0.15, -0.1) is 0 Å². The maximum Gasteiger partial charge on any atom is 0.138 e. The second kappa shape index (κ2) is 6.68. The minimum Gasteiger partial charge on any atom is -0.484 e. The normalized spacial score (nSPS) is 13.8. The van der Waals surface area contributed by atoms with E-state index in [0.29, 0.717) is 20.8 Å². The molecular weight excluding hydrogens is 317 g/mol. The third-order valence-corrected chi connectivity index (χ3v) is 3.82. The van der Waals surface area contributed by atoms with Crippen LogP contribution >= 0.6 is 34.8 Å². The van der Waals surface area contributed by atoms with Crippen molar-refractivity contribution in [2.75, 3.05) is 0 Å². The van der Waals surface area contributed by atoms with Gasteiger partial charge >= 0.3 is 0 Å². The molecule has 0 saturated heterocycles. The van der Waals surface area contributed by atoms with Gasteiger partial charge in [-0.3, -0.25) is 0 Å². The van der Waals surface area contributed by atoms with E-state index in [-0.39, 0.29) is 12.1 Å². The molecule has 5 heteroatoms. The number of benzene rings is 2. The molecular formula is C15H14Cl3NO. The first-order valence-corrected chi connectivity index (χ1v) is 7.23. The highest BCUT2D eigenvalue weighted by Gasteiger charge is 2.18. The van der Waals surface area contributed by atoms with Crippen LogP contribution in [-0.4, -0.2) is 6.04 Å². The van der Waals surface area contributed by atoms with Crippen LogP contribution < -0.4 is 10.5 Å². The van der Waals surface area contributed by atoms with Crippen LogP contribution in [0.3, 0.4) is 0 Å². The molecule has 0 aliphatic heterocycles. The zero-order valence-corrected chi connectivity index (χ0v) is 13.1. The molecule has 2 unspecified atom stereocenters. The Morgan fingerprint density at radius 2 is 1.60 bits per heavy atom. The van der Waals surface area contributed by atoms with Gasteiger partial charge in [-0.1, -0.05) is 46.9 Å². The monoisotopic (exact) mass is 329 g/mol. The SMILES string of the molecule is CC(N)C(Oc1ccc(Cl)c(Cl)c1)c1ccc(Cl)cc1. The van der Waals surface area contributed by atoms with Crippen molar-refractivity contribution in [3.05, 3.63) is 63.1 Å². The molecule has 0 saturated carbocycles. The molecule has 0 aromatic heterocycles. The van der Waals surface area contributed by atoms with Crippen LogP contribution in [0, 0.1) is 0 Å². The Morgan fingerprint density at radius 1 is 0.950 bits per heavy atom. The van der Waals surface area contributed by atoms with Crippen molar-refractivity contribution >= 4 is 34.8 Å². The Balaban J connectivity index is 2.25. The Bertz CT molecular complexity index is 584. The Labute approximate surface area is 133 Å². The van der Waals surface area contributed by atoms with Gasteiger partial charge in [0.2, 0.25) is 0 Å². The summed E-state index contributed by atoms with van der Waals surface area (Å²) in [5.41, 5.74) is 6.96. The zero-order valence-electron chi connectivity index (χ0n) is 10.8. The van der Waals surface area contributed by atoms with E-state index in [1.165, 1.54) is 0 Å². The lowest BCUT2D eigenvalue weighted by atomic mass is 10.0. The number of hydrogen-bond acceptors (Lipinski definition) is 2. The number of halogens is 3. The molecule has 0 amide bonds. The van der Waals surface area contributed by atoms with E-state index in [4.69, 9.17) is 45.3 Å². The third kappa shape index (κ3) is 3.80. The van der Waals surface area contributed by atoms with Gasteiger partial charge in [0.1, 0.15) is 11.9 Å². The average molecular weight is 331 g/mol. The molecule has 20 heavy (non-hydrogen) atoms. The topological polar surface area (TPSA) is 35.2 Å². The maximum atomic E-state index is 6.01. The van der Waals surface area contributed by atoms with E-state index in [2.05, 4.69) is 0 Å². The number of ether oxygens (including phenoxy) is 1. The lowest BCUT2D eigenvalue weighted by Crippen LogP contribution is -2.29. The van der Waals surface area contributed by atoms with Crippen molar-refractivity contribution in [1.82, 2.24) is 0 Å². The van der Waals surface area contributed by atoms with Crippen LogP contribution in [0.4, 0.5) is 0 Å². The first-order valence-electron chi connectivity index (χ1n) is 6.10. The molecule has 2 aromatic carbocycles. The molecule has 2 nitrogen and oxygen atoms in total. The minimum absolute atomic E-state index is 0.189. The zero-order chi connectivity index (χ0) is 14.7. The highest BCUT2D eigenvalue weighted by molar-refractivity contribution is 6.42. The summed E-state index contributed by atoms with van der Waals surface area (Å²) in [4.78, 5) is 0. The summed E-state index contributed by atoms with van der Waals surface area (Å²) in [6, 6.07) is 12.4. The molecule has 0 radical (unpaired) electrons. The second-order valence-electron chi connectivity index (χ2n) is 4.53. The van der Waals surface area contributed by atoms with E-state index >= 15 is 0 Å². The average Bonchev–Trinajstić information content (AvgIpc) is 2.41. The van der Waals surface area contributed by atoms with E-state index in [1.807, 2.05) is 31.2 Å². The van der Waals surface area contributed by atoms with Gasteiger partial charge in [0, 0.05) is 17.1 Å². The van der Waals surface area contributed by atoms with Crippen molar-refractivity contribution < 1.29 is 4.74 Å². The third-order valence-electron chi connectivity index (χ3n) is 2.83. The van der Waals surface area contributed by atoms with Crippen LogP contribution in [0.15, 0.2) is 42.5 Å². The quantitative estimate of drug-likeness (QED) is 0.845. The Kier molecular flexibility index (Phi) is 5.17. The molecule has 0 fully saturated rings. The van der Waals surface area contributed by atoms with Gasteiger partial charge in [-0.2, -0.15) is 0 Å². The molecule has 2 aromatic rings. The summed E-state index contributed by atoms with van der Waals surface area (Å²) in [5, 5.41) is 1.61. The summed E-state index contributed by atoms with van der Waals surface area (Å²) in [6.07, 6.45) is -0.287. The van der Waals surface area contributed by atoms with E-state index in [1.54, 1.807) is 18.2 Å². The van der Waals surface area contributed by atoms with Crippen LogP contribution in [0.2, 0.25) is 15.1 Å². The van der Waals surface area contributed by atoms with Crippen molar-refractivity contribution in [3.8, 4) is 5.75 Å². The molecule has 0 heterocycles. The van der Waals surface area contributed by atoms with Crippen molar-refractivity contribution in [2.45, 2.75) is 19.1 Å². The first kappa shape index (κ1) is 15.5. The fourth-order valence-corrected chi connectivity index (χ4v) is 2.24. The van der Waals surface area contributed by atoms with Gasteiger partial charge < -0.3 is 10.5 Å². The van der Waals surface area contributed by atoms with Crippen molar-refractivity contribution in [3.63, 3.8) is 0 Å². The van der Waals surface area contributed by atoms with E-state index < -0.39 is 0 Å². The van der Waals surface area contributed by atoms with Crippen molar-refractivity contribution in [1.29, 1.82) is 0 Å². The summed E-state index contributed by atoms with van der Waals surface area (Å²) >= 11 is 17.8. The van der Waals surface area contributed by atoms with Crippen LogP contribution in [0.25, 0.3) is 0 Å². The van der Waals surface area contributed by atoms with Gasteiger partial charge in [0.15, 0.2) is 0 Å². The summed E-state index contributed by atoms with van der Waals surface area (Å²) in [5.74, 6) is 0.622.